The third-order valence-corrected chi connectivity index (χ3v) is 3.64. The zero-order valence-electron chi connectivity index (χ0n) is 12.0. The molecule has 6 nitrogen and oxygen atoms in total. The number of carbonyl (C=O) groups excluding carboxylic acids is 1. The number of rotatable bonds is 4. The van der Waals surface area contributed by atoms with Gasteiger partial charge in [-0.25, -0.2) is 0 Å². The number of benzene rings is 1. The number of nitrogens with zero attached hydrogens (tertiary/aromatic N) is 2. The second-order valence-corrected chi connectivity index (χ2v) is 5.11. The number of amides is 1. The van der Waals surface area contributed by atoms with Crippen LogP contribution in [0.1, 0.15) is 25.3 Å². The van der Waals surface area contributed by atoms with Gasteiger partial charge >= 0.3 is 0 Å². The topological polar surface area (TPSA) is 60.4 Å². The van der Waals surface area contributed by atoms with Gasteiger partial charge in [0.05, 0.1) is 5.71 Å². The molecule has 2 aliphatic rings. The van der Waals surface area contributed by atoms with Crippen molar-refractivity contribution in [2.75, 3.05) is 26.5 Å². The SMILES string of the molecule is C/C(=N\OCC(=O)N1CCCC1)c1ccc2c(c1)OCO2. The quantitative estimate of drug-likeness (QED) is 0.626. The molecular weight excluding hydrogens is 272 g/mol. The third-order valence-electron chi connectivity index (χ3n) is 3.64. The van der Waals surface area contributed by atoms with E-state index in [0.717, 1.165) is 37.2 Å². The molecule has 0 unspecified atom stereocenters. The van der Waals surface area contributed by atoms with E-state index in [-0.39, 0.29) is 19.3 Å². The molecule has 1 aromatic rings. The Labute approximate surface area is 123 Å². The van der Waals surface area contributed by atoms with Crippen molar-refractivity contribution >= 4 is 11.6 Å². The lowest BCUT2D eigenvalue weighted by Gasteiger charge is -2.13. The second kappa shape index (κ2) is 6.03. The molecule has 6 heteroatoms. The van der Waals surface area contributed by atoms with E-state index < -0.39 is 0 Å². The molecule has 0 radical (unpaired) electrons. The molecule has 0 saturated carbocycles. The number of hydrogen-bond donors (Lipinski definition) is 0. The van der Waals surface area contributed by atoms with Crippen LogP contribution >= 0.6 is 0 Å². The Morgan fingerprint density at radius 1 is 1.29 bits per heavy atom. The fourth-order valence-corrected chi connectivity index (χ4v) is 2.42. The molecule has 0 atom stereocenters. The standard InChI is InChI=1S/C15H18N2O4/c1-11(12-4-5-13-14(8-12)20-10-19-13)16-21-9-15(18)17-6-2-3-7-17/h4-5,8H,2-3,6-7,9-10H2,1H3/b16-11+. The van der Waals surface area contributed by atoms with Gasteiger partial charge in [-0.1, -0.05) is 5.16 Å². The third kappa shape index (κ3) is 3.09. The Morgan fingerprint density at radius 2 is 2.05 bits per heavy atom. The number of oxime groups is 1. The van der Waals surface area contributed by atoms with E-state index >= 15 is 0 Å². The minimum absolute atomic E-state index is 0.00487. The van der Waals surface area contributed by atoms with Crippen LogP contribution in [0.3, 0.4) is 0 Å². The summed E-state index contributed by atoms with van der Waals surface area (Å²) in [5.41, 5.74) is 1.58. The summed E-state index contributed by atoms with van der Waals surface area (Å²) >= 11 is 0. The Hall–Kier alpha value is -2.24. The molecule has 1 amide bonds. The summed E-state index contributed by atoms with van der Waals surface area (Å²) in [5.74, 6) is 1.43. The van der Waals surface area contributed by atoms with E-state index in [2.05, 4.69) is 5.16 Å². The summed E-state index contributed by atoms with van der Waals surface area (Å²) in [4.78, 5) is 18.8. The minimum Gasteiger partial charge on any atom is -0.454 e. The van der Waals surface area contributed by atoms with Crippen LogP contribution in [0.2, 0.25) is 0 Å². The molecule has 2 aliphatic heterocycles. The highest BCUT2D eigenvalue weighted by molar-refractivity contribution is 5.99. The summed E-state index contributed by atoms with van der Waals surface area (Å²) in [6, 6.07) is 5.58. The smallest absolute Gasteiger partial charge is 0.263 e. The fourth-order valence-electron chi connectivity index (χ4n) is 2.42. The molecule has 2 heterocycles. The van der Waals surface area contributed by atoms with E-state index in [9.17, 15) is 4.79 Å². The Kier molecular flexibility index (Phi) is 3.94. The predicted octanol–water partition coefficient (Wildman–Crippen LogP) is 1.78. The summed E-state index contributed by atoms with van der Waals surface area (Å²) in [5, 5.41) is 4.00. The molecule has 0 bridgehead atoms. The Morgan fingerprint density at radius 3 is 2.86 bits per heavy atom. The fraction of sp³-hybridized carbons (Fsp3) is 0.467. The van der Waals surface area contributed by atoms with Crippen LogP contribution in [0.25, 0.3) is 0 Å². The highest BCUT2D eigenvalue weighted by Crippen LogP contribution is 2.32. The van der Waals surface area contributed by atoms with Crippen molar-refractivity contribution in [2.24, 2.45) is 5.16 Å². The lowest BCUT2D eigenvalue weighted by Crippen LogP contribution is -2.30. The Bertz CT molecular complexity index is 565. The van der Waals surface area contributed by atoms with Crippen LogP contribution in [0.5, 0.6) is 11.5 Å². The van der Waals surface area contributed by atoms with Crippen LogP contribution in [-0.4, -0.2) is 43.0 Å². The number of hydrogen-bond acceptors (Lipinski definition) is 5. The number of carbonyl (C=O) groups is 1. The van der Waals surface area contributed by atoms with Gasteiger partial charge in [0.15, 0.2) is 18.1 Å². The predicted molar refractivity (Wildman–Crippen MR) is 76.5 cm³/mol. The molecule has 0 aliphatic carbocycles. The lowest BCUT2D eigenvalue weighted by atomic mass is 10.1. The van der Waals surface area contributed by atoms with Crippen LogP contribution in [0, 0.1) is 0 Å². The first-order chi connectivity index (χ1) is 10.2. The highest BCUT2D eigenvalue weighted by Gasteiger charge is 2.18. The Balaban J connectivity index is 1.57. The van der Waals surface area contributed by atoms with Crippen molar-refractivity contribution in [3.63, 3.8) is 0 Å². The summed E-state index contributed by atoms with van der Waals surface area (Å²) in [6.45, 7) is 3.72. The van der Waals surface area contributed by atoms with Gasteiger partial charge in [0.25, 0.3) is 5.91 Å². The van der Waals surface area contributed by atoms with E-state index in [0.29, 0.717) is 11.5 Å². The molecule has 0 spiro atoms. The monoisotopic (exact) mass is 290 g/mol. The summed E-state index contributed by atoms with van der Waals surface area (Å²) in [6.07, 6.45) is 2.15. The first-order valence-corrected chi connectivity index (χ1v) is 7.08. The zero-order chi connectivity index (χ0) is 14.7. The van der Waals surface area contributed by atoms with Crippen molar-refractivity contribution in [3.8, 4) is 11.5 Å². The molecule has 1 fully saturated rings. The van der Waals surface area contributed by atoms with Crippen molar-refractivity contribution < 1.29 is 19.1 Å². The lowest BCUT2D eigenvalue weighted by molar-refractivity contribution is -0.135. The molecule has 112 valence electrons. The maximum absolute atomic E-state index is 11.8. The van der Waals surface area contributed by atoms with Crippen LogP contribution in [-0.2, 0) is 9.63 Å². The summed E-state index contributed by atoms with van der Waals surface area (Å²) in [7, 11) is 0. The van der Waals surface area contributed by atoms with E-state index in [1.54, 1.807) is 0 Å². The van der Waals surface area contributed by atoms with Gasteiger partial charge < -0.3 is 19.2 Å². The number of ether oxygens (including phenoxy) is 2. The van der Waals surface area contributed by atoms with Gasteiger partial charge in [0, 0.05) is 18.7 Å². The normalized spacial score (nSPS) is 17.2. The van der Waals surface area contributed by atoms with Gasteiger partial charge in [-0.3, -0.25) is 4.79 Å². The van der Waals surface area contributed by atoms with Crippen molar-refractivity contribution in [2.45, 2.75) is 19.8 Å². The molecule has 3 rings (SSSR count). The second-order valence-electron chi connectivity index (χ2n) is 5.11. The average Bonchev–Trinajstić information content (AvgIpc) is 3.17. The van der Waals surface area contributed by atoms with Crippen molar-refractivity contribution in [1.29, 1.82) is 0 Å². The van der Waals surface area contributed by atoms with Gasteiger partial charge in [-0.05, 0) is 38.0 Å². The average molecular weight is 290 g/mol. The van der Waals surface area contributed by atoms with Crippen LogP contribution in [0.4, 0.5) is 0 Å². The maximum atomic E-state index is 11.8. The molecule has 0 N–H and O–H groups in total. The largest absolute Gasteiger partial charge is 0.454 e. The maximum Gasteiger partial charge on any atom is 0.263 e. The highest BCUT2D eigenvalue weighted by atomic mass is 16.7. The van der Waals surface area contributed by atoms with Crippen molar-refractivity contribution in [3.05, 3.63) is 23.8 Å². The number of fused-ring (bicyclic) bond motifs is 1. The van der Waals surface area contributed by atoms with Crippen molar-refractivity contribution in [1.82, 2.24) is 4.90 Å². The summed E-state index contributed by atoms with van der Waals surface area (Å²) < 4.78 is 10.6. The molecule has 0 aromatic heterocycles. The van der Waals surface area contributed by atoms with E-state index in [1.807, 2.05) is 30.0 Å². The minimum atomic E-state index is -0.0120. The van der Waals surface area contributed by atoms with Gasteiger partial charge in [0.2, 0.25) is 6.79 Å². The first-order valence-electron chi connectivity index (χ1n) is 7.08. The van der Waals surface area contributed by atoms with Gasteiger partial charge in [-0.2, -0.15) is 0 Å². The van der Waals surface area contributed by atoms with Gasteiger partial charge in [-0.15, -0.1) is 0 Å². The van der Waals surface area contributed by atoms with Crippen LogP contribution < -0.4 is 9.47 Å². The van der Waals surface area contributed by atoms with Crippen LogP contribution in [0.15, 0.2) is 23.4 Å². The number of likely N-dealkylation sites (tertiary alicyclic amines) is 1. The molecule has 1 saturated heterocycles. The molecule has 21 heavy (non-hydrogen) atoms. The first kappa shape index (κ1) is 13.7. The van der Waals surface area contributed by atoms with E-state index in [4.69, 9.17) is 14.3 Å². The molecular formula is C15H18N2O4. The zero-order valence-corrected chi connectivity index (χ0v) is 12.0. The molecule has 1 aromatic carbocycles. The van der Waals surface area contributed by atoms with Gasteiger partial charge in [0.1, 0.15) is 0 Å². The van der Waals surface area contributed by atoms with E-state index in [1.165, 1.54) is 0 Å².